The first-order valence-electron chi connectivity index (χ1n) is 10.8. The second-order valence-electron chi connectivity index (χ2n) is 8.60. The van der Waals surface area contributed by atoms with Gasteiger partial charge in [0.25, 0.3) is 0 Å². The number of rotatable bonds is 4. The smallest absolute Gasteiger partial charge is 0.00992 e. The Labute approximate surface area is 164 Å². The Kier molecular flexibility index (Phi) is 5.34. The Balaban J connectivity index is 1.72. The maximum Gasteiger partial charge on any atom is -0.00992 e. The Bertz CT molecular complexity index is 950. The molecule has 0 nitrogen and oxygen atoms in total. The van der Waals surface area contributed by atoms with E-state index in [0.717, 1.165) is 5.92 Å². The lowest BCUT2D eigenvalue weighted by molar-refractivity contribution is 0.419. The van der Waals surface area contributed by atoms with Crippen LogP contribution < -0.4 is 10.4 Å². The first kappa shape index (κ1) is 18.3. The van der Waals surface area contributed by atoms with E-state index in [1.54, 1.807) is 0 Å². The summed E-state index contributed by atoms with van der Waals surface area (Å²) in [4.78, 5) is 0. The molecule has 1 saturated carbocycles. The fraction of sp³-hybridized carbons (Fsp3) is 0.407. The number of hydrogen-bond acceptors (Lipinski definition) is 0. The molecule has 2 aliphatic carbocycles. The van der Waals surface area contributed by atoms with Crippen LogP contribution in [0.5, 0.6) is 0 Å². The van der Waals surface area contributed by atoms with Crippen LogP contribution in [0.2, 0.25) is 0 Å². The molecule has 1 atom stereocenters. The van der Waals surface area contributed by atoms with Crippen LogP contribution in [0.3, 0.4) is 0 Å². The van der Waals surface area contributed by atoms with Gasteiger partial charge in [0, 0.05) is 0 Å². The van der Waals surface area contributed by atoms with Gasteiger partial charge in [0.1, 0.15) is 0 Å². The lowest BCUT2D eigenvalue weighted by atomic mass is 9.88. The number of allylic oxidation sites excluding steroid dienone is 2. The second-order valence-corrected chi connectivity index (χ2v) is 8.60. The van der Waals surface area contributed by atoms with Crippen LogP contribution in [0.4, 0.5) is 0 Å². The van der Waals surface area contributed by atoms with Crippen LogP contribution >= 0.6 is 0 Å². The highest BCUT2D eigenvalue weighted by Gasteiger charge is 2.13. The average molecular weight is 357 g/mol. The van der Waals surface area contributed by atoms with Crippen molar-refractivity contribution in [2.45, 2.75) is 65.2 Å². The van der Waals surface area contributed by atoms with Crippen molar-refractivity contribution in [2.75, 3.05) is 0 Å². The van der Waals surface area contributed by atoms with Crippen LogP contribution in [-0.2, 0) is 0 Å². The summed E-state index contributed by atoms with van der Waals surface area (Å²) in [5.74, 6) is 1.40. The van der Waals surface area contributed by atoms with E-state index >= 15 is 0 Å². The van der Waals surface area contributed by atoms with Crippen molar-refractivity contribution in [1.82, 2.24) is 0 Å². The van der Waals surface area contributed by atoms with Gasteiger partial charge in [0.2, 0.25) is 0 Å². The summed E-state index contributed by atoms with van der Waals surface area (Å²) in [5, 5.41) is 2.79. The van der Waals surface area contributed by atoms with Gasteiger partial charge in [-0.3, -0.25) is 0 Å². The first-order valence-corrected chi connectivity index (χ1v) is 10.8. The predicted molar refractivity (Wildman–Crippen MR) is 118 cm³/mol. The number of fused-ring (bicyclic) bond motifs is 1. The average Bonchev–Trinajstić information content (AvgIpc) is 3.09. The Hall–Kier alpha value is -2.08. The van der Waals surface area contributed by atoms with Crippen molar-refractivity contribution in [3.05, 3.63) is 69.6 Å². The van der Waals surface area contributed by atoms with Gasteiger partial charge in [-0.05, 0) is 88.4 Å². The fourth-order valence-corrected chi connectivity index (χ4v) is 4.63. The van der Waals surface area contributed by atoms with E-state index in [0.29, 0.717) is 5.92 Å². The van der Waals surface area contributed by atoms with Crippen LogP contribution in [0.25, 0.3) is 23.3 Å². The predicted octanol–water partition coefficient (Wildman–Crippen LogP) is 6.26. The summed E-state index contributed by atoms with van der Waals surface area (Å²) in [6.45, 7) is 6.79. The van der Waals surface area contributed by atoms with E-state index in [9.17, 15) is 0 Å². The summed E-state index contributed by atoms with van der Waals surface area (Å²) >= 11 is 0. The van der Waals surface area contributed by atoms with Crippen LogP contribution in [-0.4, -0.2) is 0 Å². The molecule has 0 radical (unpaired) electrons. The Morgan fingerprint density at radius 3 is 2.44 bits per heavy atom. The maximum atomic E-state index is 2.53. The van der Waals surface area contributed by atoms with E-state index in [2.05, 4.69) is 75.4 Å². The molecule has 0 bridgehead atoms. The summed E-state index contributed by atoms with van der Waals surface area (Å²) in [6.07, 6.45) is 15.5. The van der Waals surface area contributed by atoms with Crippen molar-refractivity contribution in [2.24, 2.45) is 5.92 Å². The minimum absolute atomic E-state index is 0.632. The molecule has 4 rings (SSSR count). The molecule has 0 amide bonds. The molecule has 0 N–H and O–H groups in total. The highest BCUT2D eigenvalue weighted by Crippen LogP contribution is 2.27. The molecule has 0 aliphatic heterocycles. The zero-order valence-electron chi connectivity index (χ0n) is 17.1. The van der Waals surface area contributed by atoms with Gasteiger partial charge >= 0.3 is 0 Å². The monoisotopic (exact) mass is 356 g/mol. The van der Waals surface area contributed by atoms with Gasteiger partial charge in [-0.1, -0.05) is 75.6 Å². The maximum absolute atomic E-state index is 2.53. The third-order valence-corrected chi connectivity index (χ3v) is 6.47. The molecule has 2 aromatic carbocycles. The zero-order valence-corrected chi connectivity index (χ0v) is 17.1. The SMILES string of the molecule is CCC(C)c1ccc(-c2cc(C)cc3c2=CC(=CC2CCCCC2)C=3)cc1. The summed E-state index contributed by atoms with van der Waals surface area (Å²) in [7, 11) is 0. The molecule has 0 spiro atoms. The lowest BCUT2D eigenvalue weighted by Gasteiger charge is -2.18. The fourth-order valence-electron chi connectivity index (χ4n) is 4.63. The second kappa shape index (κ2) is 7.89. The van der Waals surface area contributed by atoms with Crippen molar-refractivity contribution < 1.29 is 0 Å². The number of aryl methyl sites for hydroxylation is 1. The van der Waals surface area contributed by atoms with Gasteiger partial charge < -0.3 is 0 Å². The minimum Gasteiger partial charge on any atom is -0.0741 e. The normalized spacial score (nSPS) is 19.4. The summed E-state index contributed by atoms with van der Waals surface area (Å²) in [5.41, 5.74) is 6.92. The van der Waals surface area contributed by atoms with E-state index in [1.807, 2.05) is 0 Å². The standard InChI is InChI=1S/C27H32/c1-4-20(3)23-10-12-24(13-11-23)26-15-19(2)14-25-17-22(18-27(25)26)16-21-8-6-5-7-9-21/h10-18,20-21H,4-9H2,1-3H3. The topological polar surface area (TPSA) is 0 Å². The third kappa shape index (κ3) is 3.95. The van der Waals surface area contributed by atoms with E-state index < -0.39 is 0 Å². The quantitative estimate of drug-likeness (QED) is 0.607. The molecule has 1 unspecified atom stereocenters. The van der Waals surface area contributed by atoms with Crippen LogP contribution in [0, 0.1) is 12.8 Å². The van der Waals surface area contributed by atoms with Crippen LogP contribution in [0.1, 0.15) is 69.4 Å². The molecule has 0 heteroatoms. The van der Waals surface area contributed by atoms with Crippen molar-refractivity contribution in [1.29, 1.82) is 0 Å². The van der Waals surface area contributed by atoms with Gasteiger partial charge in [-0.25, -0.2) is 0 Å². The molecule has 2 aromatic rings. The highest BCUT2D eigenvalue weighted by molar-refractivity contribution is 5.78. The molecule has 27 heavy (non-hydrogen) atoms. The van der Waals surface area contributed by atoms with Gasteiger partial charge in [-0.2, -0.15) is 0 Å². The lowest BCUT2D eigenvalue weighted by Crippen LogP contribution is -2.24. The van der Waals surface area contributed by atoms with E-state index in [1.165, 1.54) is 76.8 Å². The van der Waals surface area contributed by atoms with Crippen molar-refractivity contribution in [3.8, 4) is 11.1 Å². The molecular formula is C27H32. The molecule has 1 fully saturated rings. The molecule has 140 valence electrons. The molecule has 0 saturated heterocycles. The van der Waals surface area contributed by atoms with Crippen LogP contribution in [0.15, 0.2) is 48.0 Å². The van der Waals surface area contributed by atoms with Gasteiger partial charge in [-0.15, -0.1) is 0 Å². The number of benzene rings is 2. The third-order valence-electron chi connectivity index (χ3n) is 6.47. The summed E-state index contributed by atoms with van der Waals surface area (Å²) in [6, 6.07) is 13.9. The van der Waals surface area contributed by atoms with E-state index in [4.69, 9.17) is 0 Å². The highest BCUT2D eigenvalue weighted by atomic mass is 14.2. The Morgan fingerprint density at radius 1 is 1.00 bits per heavy atom. The van der Waals surface area contributed by atoms with Gasteiger partial charge in [0.05, 0.1) is 0 Å². The molecule has 0 aromatic heterocycles. The molecule has 2 aliphatic rings. The largest absolute Gasteiger partial charge is 0.0741 e. The Morgan fingerprint density at radius 2 is 1.74 bits per heavy atom. The minimum atomic E-state index is 0.632. The summed E-state index contributed by atoms with van der Waals surface area (Å²) < 4.78 is 0. The molecule has 0 heterocycles. The van der Waals surface area contributed by atoms with Crippen molar-refractivity contribution in [3.63, 3.8) is 0 Å². The molecular weight excluding hydrogens is 324 g/mol. The first-order chi connectivity index (χ1) is 13.1. The zero-order chi connectivity index (χ0) is 18.8. The van der Waals surface area contributed by atoms with Gasteiger partial charge in [0.15, 0.2) is 0 Å². The number of hydrogen-bond donors (Lipinski definition) is 0. The van der Waals surface area contributed by atoms with E-state index in [-0.39, 0.29) is 0 Å². The van der Waals surface area contributed by atoms with Crippen molar-refractivity contribution >= 4 is 12.2 Å².